The van der Waals surface area contributed by atoms with E-state index in [1.54, 1.807) is 0 Å². The Labute approximate surface area is 97.6 Å². The van der Waals surface area contributed by atoms with Gasteiger partial charge in [-0.3, -0.25) is 0 Å². The van der Waals surface area contributed by atoms with E-state index in [0.29, 0.717) is 24.6 Å². The van der Waals surface area contributed by atoms with Crippen molar-refractivity contribution in [1.82, 2.24) is 0 Å². The van der Waals surface area contributed by atoms with Gasteiger partial charge < -0.3 is 0 Å². The molecule has 0 aromatic heterocycles. The summed E-state index contributed by atoms with van der Waals surface area (Å²) in [6, 6.07) is 0. The molecule has 0 aromatic rings. The van der Waals surface area contributed by atoms with Crippen molar-refractivity contribution in [2.24, 2.45) is 28.1 Å². The van der Waals surface area contributed by atoms with Crippen LogP contribution in [0.4, 0.5) is 0 Å². The summed E-state index contributed by atoms with van der Waals surface area (Å²) in [7, 11) is 0. The van der Waals surface area contributed by atoms with E-state index in [2.05, 4.69) is 13.8 Å². The summed E-state index contributed by atoms with van der Waals surface area (Å²) in [5, 5.41) is 0. The van der Waals surface area contributed by atoms with E-state index >= 15 is 0 Å². The third kappa shape index (κ3) is 0.996. The standard InChI is InChI=1S/C15H26/c1-5-14(4)9-15(10-14)12-7-6-11(8-12)13(15,2)3/h11-12H,5-10H2,1-4H3/i1D,4D. The number of hydrogen-bond acceptors (Lipinski definition) is 0. The monoisotopic (exact) mass is 208 g/mol. The highest BCUT2D eigenvalue weighted by Gasteiger charge is 2.69. The van der Waals surface area contributed by atoms with Crippen LogP contribution in [-0.4, -0.2) is 0 Å². The molecule has 3 aliphatic carbocycles. The SMILES string of the molecule is [2H]CCC1(C[2H])CC2(C1)C1CCC(C1)C2(C)C. The van der Waals surface area contributed by atoms with Gasteiger partial charge in [-0.25, -0.2) is 0 Å². The van der Waals surface area contributed by atoms with Crippen LogP contribution in [0.25, 0.3) is 0 Å². The molecule has 0 N–H and O–H groups in total. The lowest BCUT2D eigenvalue weighted by Gasteiger charge is -2.64. The fourth-order valence-corrected chi connectivity index (χ4v) is 5.28. The zero-order valence-electron chi connectivity index (χ0n) is 12.3. The van der Waals surface area contributed by atoms with Crippen LogP contribution >= 0.6 is 0 Å². The average molecular weight is 208 g/mol. The quantitative estimate of drug-likeness (QED) is 0.589. The van der Waals surface area contributed by atoms with Crippen LogP contribution in [0.2, 0.25) is 0 Å². The first-order chi connectivity index (χ1) is 8.00. The van der Waals surface area contributed by atoms with Gasteiger partial charge in [0.1, 0.15) is 0 Å². The second-order valence-corrected chi connectivity index (χ2v) is 7.19. The van der Waals surface area contributed by atoms with Crippen molar-refractivity contribution in [3.05, 3.63) is 0 Å². The van der Waals surface area contributed by atoms with E-state index in [1.165, 1.54) is 32.1 Å². The predicted octanol–water partition coefficient (Wildman–Crippen LogP) is 4.64. The minimum Gasteiger partial charge on any atom is -0.0649 e. The van der Waals surface area contributed by atoms with Gasteiger partial charge in [0.25, 0.3) is 0 Å². The molecule has 2 bridgehead atoms. The maximum atomic E-state index is 7.84. The molecule has 3 rings (SSSR count). The van der Waals surface area contributed by atoms with Crippen LogP contribution in [0.1, 0.15) is 68.9 Å². The van der Waals surface area contributed by atoms with Crippen molar-refractivity contribution in [1.29, 1.82) is 0 Å². The third-order valence-corrected chi connectivity index (χ3v) is 6.43. The van der Waals surface area contributed by atoms with Gasteiger partial charge in [-0.1, -0.05) is 34.1 Å². The lowest BCUT2D eigenvalue weighted by molar-refractivity contribution is -0.148. The molecule has 0 heteroatoms. The van der Waals surface area contributed by atoms with Crippen LogP contribution < -0.4 is 0 Å². The molecule has 2 atom stereocenters. The molecule has 0 aromatic carbocycles. The zero-order chi connectivity index (χ0) is 12.3. The Hall–Kier alpha value is 0. The molecule has 86 valence electrons. The van der Waals surface area contributed by atoms with Gasteiger partial charge in [0.05, 0.1) is 0 Å². The van der Waals surface area contributed by atoms with Gasteiger partial charge in [-0.05, 0) is 60.2 Å². The van der Waals surface area contributed by atoms with Crippen LogP contribution in [0, 0.1) is 28.1 Å². The number of hydrogen-bond donors (Lipinski definition) is 0. The van der Waals surface area contributed by atoms with Crippen molar-refractivity contribution < 1.29 is 2.74 Å². The first-order valence-electron chi connectivity index (χ1n) is 8.00. The minimum absolute atomic E-state index is 0.226. The van der Waals surface area contributed by atoms with Crippen molar-refractivity contribution in [2.75, 3.05) is 0 Å². The highest BCUT2D eigenvalue weighted by molar-refractivity contribution is 5.18. The van der Waals surface area contributed by atoms with E-state index in [9.17, 15) is 0 Å². The van der Waals surface area contributed by atoms with Crippen molar-refractivity contribution in [3.63, 3.8) is 0 Å². The summed E-state index contributed by atoms with van der Waals surface area (Å²) in [6.07, 6.45) is 7.84. The predicted molar refractivity (Wildman–Crippen MR) is 64.7 cm³/mol. The van der Waals surface area contributed by atoms with Gasteiger partial charge in [-0.15, -0.1) is 0 Å². The third-order valence-electron chi connectivity index (χ3n) is 6.43. The first-order valence-corrected chi connectivity index (χ1v) is 6.58. The van der Waals surface area contributed by atoms with Crippen molar-refractivity contribution >= 4 is 0 Å². The van der Waals surface area contributed by atoms with Crippen LogP contribution in [0.5, 0.6) is 0 Å². The Morgan fingerprint density at radius 2 is 1.93 bits per heavy atom. The highest BCUT2D eigenvalue weighted by atomic mass is 14.7. The molecule has 0 saturated heterocycles. The molecule has 0 amide bonds. The number of rotatable bonds is 1. The van der Waals surface area contributed by atoms with E-state index in [4.69, 9.17) is 2.74 Å². The summed E-state index contributed by atoms with van der Waals surface area (Å²) in [5.41, 5.74) is 1.30. The van der Waals surface area contributed by atoms with E-state index < -0.39 is 0 Å². The van der Waals surface area contributed by atoms with Crippen molar-refractivity contribution in [2.45, 2.75) is 66.2 Å². The first kappa shape index (κ1) is 8.14. The van der Waals surface area contributed by atoms with E-state index in [1.807, 2.05) is 0 Å². The fourth-order valence-electron chi connectivity index (χ4n) is 5.28. The topological polar surface area (TPSA) is 0 Å². The zero-order valence-corrected chi connectivity index (χ0v) is 10.3. The molecule has 0 heterocycles. The molecule has 2 unspecified atom stereocenters. The van der Waals surface area contributed by atoms with E-state index in [-0.39, 0.29) is 5.41 Å². The molecule has 0 radical (unpaired) electrons. The Morgan fingerprint density at radius 3 is 2.47 bits per heavy atom. The van der Waals surface area contributed by atoms with Crippen molar-refractivity contribution in [3.8, 4) is 0 Å². The number of fused-ring (bicyclic) bond motifs is 3. The van der Waals surface area contributed by atoms with Gasteiger partial charge in [-0.2, -0.15) is 0 Å². The average Bonchev–Trinajstić information content (AvgIpc) is 2.77. The molecule has 15 heavy (non-hydrogen) atoms. The van der Waals surface area contributed by atoms with Gasteiger partial charge >= 0.3 is 0 Å². The molecule has 3 fully saturated rings. The molecular formula is C15H26. The van der Waals surface area contributed by atoms with Crippen LogP contribution in [0.15, 0.2) is 0 Å². The maximum Gasteiger partial charge on any atom is 0.0236 e. The molecule has 1 spiro atoms. The largest absolute Gasteiger partial charge is 0.0649 e. The second-order valence-electron chi connectivity index (χ2n) is 7.19. The van der Waals surface area contributed by atoms with Crippen LogP contribution in [0.3, 0.4) is 0 Å². The molecule has 0 aliphatic heterocycles. The fraction of sp³-hybridized carbons (Fsp3) is 1.00. The summed E-state index contributed by atoms with van der Waals surface area (Å²) in [5.74, 6) is 1.90. The van der Waals surface area contributed by atoms with Crippen LogP contribution in [-0.2, 0) is 0 Å². The highest BCUT2D eigenvalue weighted by Crippen LogP contribution is 2.77. The smallest absolute Gasteiger partial charge is 0.0236 e. The van der Waals surface area contributed by atoms with Gasteiger partial charge in [0.15, 0.2) is 0 Å². The maximum absolute atomic E-state index is 7.84. The molecule has 3 saturated carbocycles. The Kier molecular flexibility index (Phi) is 1.43. The lowest BCUT2D eigenvalue weighted by Crippen LogP contribution is -2.55. The second kappa shape index (κ2) is 2.63. The normalized spacial score (nSPS) is 57.7. The lowest BCUT2D eigenvalue weighted by atomic mass is 9.41. The summed E-state index contributed by atoms with van der Waals surface area (Å²) in [6.45, 7) is 6.06. The molecular weight excluding hydrogens is 180 g/mol. The molecule has 3 aliphatic rings. The summed E-state index contributed by atoms with van der Waals surface area (Å²) in [4.78, 5) is 0. The minimum atomic E-state index is 0.226. The Morgan fingerprint density at radius 1 is 1.20 bits per heavy atom. The molecule has 0 nitrogen and oxygen atoms in total. The van der Waals surface area contributed by atoms with E-state index in [0.717, 1.165) is 18.3 Å². The Bertz CT molecular complexity index is 315. The Balaban J connectivity index is 1.82. The summed E-state index contributed by atoms with van der Waals surface area (Å²) >= 11 is 0. The summed E-state index contributed by atoms with van der Waals surface area (Å²) < 4.78 is 15.3. The van der Waals surface area contributed by atoms with Gasteiger partial charge in [0, 0.05) is 2.74 Å². The van der Waals surface area contributed by atoms with Gasteiger partial charge in [0.2, 0.25) is 0 Å².